The molecule has 1 aliphatic rings. The van der Waals surface area contributed by atoms with Crippen molar-refractivity contribution >= 4 is 126 Å². The van der Waals surface area contributed by atoms with E-state index in [4.69, 9.17) is 14.4 Å². The van der Waals surface area contributed by atoms with E-state index in [0.717, 1.165) is 105 Å². The second-order valence-electron chi connectivity index (χ2n) is 23.2. The Kier molecular flexibility index (Phi) is 9.79. The first-order valence-corrected chi connectivity index (χ1v) is 29.0. The van der Waals surface area contributed by atoms with Gasteiger partial charge in [0.1, 0.15) is 11.2 Å². The fourth-order valence-electron chi connectivity index (χ4n) is 14.3. The monoisotopic (exact) mass is 1070 g/mol. The summed E-state index contributed by atoms with van der Waals surface area (Å²) in [6.07, 6.45) is 0. The average Bonchev–Trinajstić information content (AvgIpc) is 2.10. The van der Waals surface area contributed by atoms with Crippen molar-refractivity contribution in [3.05, 3.63) is 278 Å². The lowest BCUT2D eigenvalue weighted by atomic mass is 9.82. The number of anilines is 3. The van der Waals surface area contributed by atoms with Crippen LogP contribution in [0.1, 0.15) is 25.0 Å². The van der Waals surface area contributed by atoms with E-state index in [2.05, 4.69) is 290 Å². The molecule has 5 heteroatoms. The molecule has 0 aliphatic heterocycles. The molecule has 18 rings (SSSR count). The highest BCUT2D eigenvalue weighted by Gasteiger charge is 2.36. The molecule has 392 valence electrons. The number of benzene rings is 14. The zero-order valence-corrected chi connectivity index (χ0v) is 46.1. The van der Waals surface area contributed by atoms with Crippen molar-refractivity contribution in [3.63, 3.8) is 0 Å². The van der Waals surface area contributed by atoms with E-state index in [9.17, 15) is 0 Å². The minimum atomic E-state index is -0.0816. The van der Waals surface area contributed by atoms with Gasteiger partial charge >= 0.3 is 0 Å². The Balaban J connectivity index is 0.832. The largest absolute Gasteiger partial charge is 0.456 e. The van der Waals surface area contributed by atoms with E-state index >= 15 is 0 Å². The Morgan fingerprint density at radius 3 is 1.75 bits per heavy atom. The number of fused-ring (bicyclic) bond motifs is 20. The van der Waals surface area contributed by atoms with Crippen molar-refractivity contribution in [3.8, 4) is 39.5 Å². The highest BCUT2D eigenvalue weighted by Crippen LogP contribution is 2.52. The minimum Gasteiger partial charge on any atom is -0.456 e. The predicted molar refractivity (Wildman–Crippen MR) is 352 cm³/mol. The van der Waals surface area contributed by atoms with Crippen molar-refractivity contribution in [1.82, 2.24) is 14.5 Å². The summed E-state index contributed by atoms with van der Waals surface area (Å²) in [6.45, 7) is 4.68. The summed E-state index contributed by atoms with van der Waals surface area (Å²) in [5, 5.41) is 17.3. The van der Waals surface area contributed by atoms with Gasteiger partial charge in [0.05, 0.1) is 22.2 Å². The maximum atomic E-state index is 7.02. The molecule has 0 spiro atoms. The summed E-state index contributed by atoms with van der Waals surface area (Å²) in [4.78, 5) is 13.6. The summed E-state index contributed by atoms with van der Waals surface area (Å²) in [7, 11) is 0. The van der Waals surface area contributed by atoms with Gasteiger partial charge in [0.2, 0.25) is 5.95 Å². The van der Waals surface area contributed by atoms with Crippen LogP contribution in [-0.2, 0) is 5.41 Å². The van der Waals surface area contributed by atoms with Crippen molar-refractivity contribution in [2.75, 3.05) is 4.90 Å². The Morgan fingerprint density at radius 2 is 0.952 bits per heavy atom. The Morgan fingerprint density at radius 1 is 0.345 bits per heavy atom. The van der Waals surface area contributed by atoms with Gasteiger partial charge in [-0.3, -0.25) is 4.57 Å². The predicted octanol–water partition coefficient (Wildman–Crippen LogP) is 21.5. The molecule has 3 heterocycles. The lowest BCUT2D eigenvalue weighted by Gasteiger charge is -2.27. The number of nitrogens with zero attached hydrogens (tertiary/aromatic N) is 4. The maximum absolute atomic E-state index is 7.02. The van der Waals surface area contributed by atoms with E-state index in [1.807, 2.05) is 0 Å². The third kappa shape index (κ3) is 6.78. The van der Waals surface area contributed by atoms with Crippen LogP contribution in [0.4, 0.5) is 17.1 Å². The molecule has 14 aromatic carbocycles. The normalized spacial score (nSPS) is 13.0. The van der Waals surface area contributed by atoms with E-state index in [0.29, 0.717) is 5.95 Å². The average molecular weight is 1070 g/mol. The molecular formula is C79H50N4O. The Labute approximate surface area is 483 Å². The minimum absolute atomic E-state index is 0.0816. The summed E-state index contributed by atoms with van der Waals surface area (Å²) in [5.74, 6) is 0.615. The standard InChI is InChI=1S/C79H50N4O/c1-79(2)68-27-15-14-26-61(68)66-44-55(36-39-69(66)79)82(54-35-30-47-16-6-7-20-51(47)42-54)53-33-28-48(29-34-53)52-32-37-62-73(43-52)84-72-41-40-70-74(75(62)72)67-45-64-59-24-12-10-22-57(59)58-23-11-13-25-60(58)65(64)46-71(67)83(70)78-80-76(50-18-4-3-5-19-50)63-38-31-49-17-8-9-21-56(49)77(63)81-78/h3-46H,1-2H3. The third-order valence-electron chi connectivity index (χ3n) is 18.3. The first-order valence-electron chi connectivity index (χ1n) is 29.0. The van der Waals surface area contributed by atoms with Crippen LogP contribution in [0.15, 0.2) is 271 Å². The molecule has 84 heavy (non-hydrogen) atoms. The van der Waals surface area contributed by atoms with Gasteiger partial charge in [0.15, 0.2) is 0 Å². The number of aromatic nitrogens is 3. The van der Waals surface area contributed by atoms with Crippen molar-refractivity contribution in [2.45, 2.75) is 19.3 Å². The maximum Gasteiger partial charge on any atom is 0.235 e. The summed E-state index contributed by atoms with van der Waals surface area (Å²) in [6, 6.07) is 97.3. The summed E-state index contributed by atoms with van der Waals surface area (Å²) in [5.41, 5.74) is 17.3. The number of hydrogen-bond acceptors (Lipinski definition) is 4. The number of rotatable bonds is 6. The van der Waals surface area contributed by atoms with Crippen LogP contribution in [0.25, 0.3) is 148 Å². The van der Waals surface area contributed by atoms with Crippen molar-refractivity contribution in [1.29, 1.82) is 0 Å². The van der Waals surface area contributed by atoms with Crippen molar-refractivity contribution in [2.24, 2.45) is 0 Å². The van der Waals surface area contributed by atoms with Gasteiger partial charge in [-0.25, -0.2) is 9.97 Å². The number of hydrogen-bond donors (Lipinski definition) is 0. The van der Waals surface area contributed by atoms with Crippen LogP contribution in [-0.4, -0.2) is 14.5 Å². The van der Waals surface area contributed by atoms with Crippen LogP contribution in [0, 0.1) is 0 Å². The highest BCUT2D eigenvalue weighted by molar-refractivity contribution is 6.33. The smallest absolute Gasteiger partial charge is 0.235 e. The van der Waals surface area contributed by atoms with E-state index in [1.54, 1.807) is 0 Å². The van der Waals surface area contributed by atoms with Gasteiger partial charge in [0.25, 0.3) is 0 Å². The van der Waals surface area contributed by atoms with Gasteiger partial charge < -0.3 is 9.32 Å². The zero-order valence-electron chi connectivity index (χ0n) is 46.1. The van der Waals surface area contributed by atoms with Gasteiger partial charge in [-0.15, -0.1) is 0 Å². The van der Waals surface area contributed by atoms with Crippen molar-refractivity contribution < 1.29 is 4.42 Å². The fraction of sp³-hybridized carbons (Fsp3) is 0.0380. The Bertz CT molecular complexity index is 5660. The van der Waals surface area contributed by atoms with Gasteiger partial charge in [-0.1, -0.05) is 202 Å². The van der Waals surface area contributed by atoms with Gasteiger partial charge in [0, 0.05) is 60.4 Å². The van der Waals surface area contributed by atoms with E-state index < -0.39 is 0 Å². The van der Waals surface area contributed by atoms with Crippen LogP contribution in [0.5, 0.6) is 0 Å². The molecule has 0 fully saturated rings. The Hall–Kier alpha value is -10.9. The quantitative estimate of drug-likeness (QED) is 0.156. The summed E-state index contributed by atoms with van der Waals surface area (Å²) >= 11 is 0. The highest BCUT2D eigenvalue weighted by atomic mass is 16.3. The fourth-order valence-corrected chi connectivity index (χ4v) is 14.3. The molecule has 0 radical (unpaired) electrons. The molecule has 0 saturated heterocycles. The van der Waals surface area contributed by atoms with Gasteiger partial charge in [-0.2, -0.15) is 0 Å². The first kappa shape index (κ1) is 46.8. The summed E-state index contributed by atoms with van der Waals surface area (Å²) < 4.78 is 9.33. The molecule has 5 nitrogen and oxygen atoms in total. The number of furan rings is 1. The van der Waals surface area contributed by atoms with Gasteiger partial charge in [-0.05, 0) is 161 Å². The second-order valence-corrected chi connectivity index (χ2v) is 23.2. The molecule has 0 N–H and O–H groups in total. The van der Waals surface area contributed by atoms with Crippen LogP contribution in [0.2, 0.25) is 0 Å². The molecule has 0 atom stereocenters. The topological polar surface area (TPSA) is 47.1 Å². The van der Waals surface area contributed by atoms with Crippen LogP contribution < -0.4 is 4.90 Å². The molecule has 17 aromatic rings. The van der Waals surface area contributed by atoms with E-state index in [1.165, 1.54) is 65.3 Å². The molecular weight excluding hydrogens is 1020 g/mol. The zero-order chi connectivity index (χ0) is 55.4. The van der Waals surface area contributed by atoms with Crippen LogP contribution >= 0.6 is 0 Å². The van der Waals surface area contributed by atoms with Crippen LogP contribution in [0.3, 0.4) is 0 Å². The lowest BCUT2D eigenvalue weighted by Crippen LogP contribution is -2.15. The molecule has 1 aliphatic carbocycles. The molecule has 0 unspecified atom stereocenters. The van der Waals surface area contributed by atoms with E-state index in [-0.39, 0.29) is 5.41 Å². The first-order chi connectivity index (χ1) is 41.4. The molecule has 0 amide bonds. The SMILES string of the molecule is CC1(C)c2ccccc2-c2cc(N(c3ccc(-c4ccc5c(c4)oc4ccc6c(c7cc8c9ccccc9c9ccccc9c8cc7n6-c6nc(-c7ccccc7)c7ccc8ccccc8c7n6)c45)cc3)c3ccc4ccccc4c3)ccc21. The lowest BCUT2D eigenvalue weighted by molar-refractivity contribution is 0.660. The third-order valence-corrected chi connectivity index (χ3v) is 18.3. The molecule has 0 bridgehead atoms. The molecule has 0 saturated carbocycles. The second kappa shape index (κ2) is 17.6. The molecule has 3 aromatic heterocycles.